The first-order valence-corrected chi connectivity index (χ1v) is 5.37. The first-order chi connectivity index (χ1) is 6.24. The van der Waals surface area contributed by atoms with Gasteiger partial charge in [-0.2, -0.15) is 0 Å². The maximum Gasteiger partial charge on any atom is 0.126 e. The van der Waals surface area contributed by atoms with Gasteiger partial charge in [-0.05, 0) is 50.9 Å². The minimum absolute atomic E-state index is 0.128. The van der Waals surface area contributed by atoms with E-state index in [1.54, 1.807) is 0 Å². The van der Waals surface area contributed by atoms with E-state index in [0.717, 1.165) is 25.2 Å². The fourth-order valence-corrected chi connectivity index (χ4v) is 2.40. The van der Waals surface area contributed by atoms with Gasteiger partial charge in [0.2, 0.25) is 0 Å². The van der Waals surface area contributed by atoms with Crippen molar-refractivity contribution in [3.8, 4) is 0 Å². The van der Waals surface area contributed by atoms with Gasteiger partial charge in [0.1, 0.15) is 6.29 Å². The standard InChI is InChI=1S/C12H18O/c1-10-2-4-11(5-3-10)8-12(9-13)6-7-12/h9,11H,1-8H2. The van der Waals surface area contributed by atoms with Gasteiger partial charge in [0.25, 0.3) is 0 Å². The molecule has 2 aliphatic carbocycles. The molecule has 2 rings (SSSR count). The Morgan fingerprint density at radius 2 is 2.00 bits per heavy atom. The molecule has 0 bridgehead atoms. The van der Waals surface area contributed by atoms with Crippen molar-refractivity contribution in [3.05, 3.63) is 12.2 Å². The summed E-state index contributed by atoms with van der Waals surface area (Å²) in [7, 11) is 0. The molecule has 1 heteroatoms. The normalized spacial score (nSPS) is 27.2. The van der Waals surface area contributed by atoms with E-state index in [-0.39, 0.29) is 5.41 Å². The number of carbonyl (C=O) groups is 1. The molecule has 0 aromatic heterocycles. The molecule has 0 N–H and O–H groups in total. The maximum absolute atomic E-state index is 10.8. The van der Waals surface area contributed by atoms with Gasteiger partial charge in [-0.15, -0.1) is 0 Å². The van der Waals surface area contributed by atoms with E-state index < -0.39 is 0 Å². The van der Waals surface area contributed by atoms with Crippen molar-refractivity contribution >= 4 is 6.29 Å². The van der Waals surface area contributed by atoms with Crippen LogP contribution in [0.25, 0.3) is 0 Å². The van der Waals surface area contributed by atoms with Crippen LogP contribution in [0, 0.1) is 11.3 Å². The molecule has 1 nitrogen and oxygen atoms in total. The van der Waals surface area contributed by atoms with E-state index in [1.165, 1.54) is 37.5 Å². The number of hydrogen-bond acceptors (Lipinski definition) is 1. The van der Waals surface area contributed by atoms with E-state index >= 15 is 0 Å². The highest BCUT2D eigenvalue weighted by Gasteiger charge is 2.43. The molecule has 0 aromatic carbocycles. The van der Waals surface area contributed by atoms with Crippen molar-refractivity contribution in [2.24, 2.45) is 11.3 Å². The zero-order chi connectivity index (χ0) is 9.31. The predicted molar refractivity (Wildman–Crippen MR) is 53.4 cm³/mol. The Morgan fingerprint density at radius 1 is 1.38 bits per heavy atom. The lowest BCUT2D eigenvalue weighted by Crippen LogP contribution is -2.14. The highest BCUT2D eigenvalue weighted by atomic mass is 16.1. The van der Waals surface area contributed by atoms with Gasteiger partial charge in [-0.25, -0.2) is 0 Å². The second-order valence-electron chi connectivity index (χ2n) is 4.88. The fourth-order valence-electron chi connectivity index (χ4n) is 2.40. The number of carbonyl (C=O) groups excluding carboxylic acids is 1. The van der Waals surface area contributed by atoms with Crippen LogP contribution in [0.3, 0.4) is 0 Å². The van der Waals surface area contributed by atoms with Gasteiger partial charge < -0.3 is 4.79 Å². The Morgan fingerprint density at radius 3 is 2.46 bits per heavy atom. The van der Waals surface area contributed by atoms with Gasteiger partial charge >= 0.3 is 0 Å². The van der Waals surface area contributed by atoms with Crippen molar-refractivity contribution in [2.45, 2.75) is 44.9 Å². The van der Waals surface area contributed by atoms with Crippen LogP contribution < -0.4 is 0 Å². The highest BCUT2D eigenvalue weighted by molar-refractivity contribution is 5.63. The van der Waals surface area contributed by atoms with Crippen molar-refractivity contribution in [2.75, 3.05) is 0 Å². The van der Waals surface area contributed by atoms with Crippen LogP contribution in [0.1, 0.15) is 44.9 Å². The average Bonchev–Trinajstić information content (AvgIpc) is 2.90. The van der Waals surface area contributed by atoms with Crippen LogP contribution in [0.5, 0.6) is 0 Å². The molecule has 2 fully saturated rings. The summed E-state index contributed by atoms with van der Waals surface area (Å²) in [5.74, 6) is 0.804. The summed E-state index contributed by atoms with van der Waals surface area (Å²) in [5, 5.41) is 0. The number of allylic oxidation sites excluding steroid dienone is 1. The van der Waals surface area contributed by atoms with Crippen molar-refractivity contribution in [3.63, 3.8) is 0 Å². The molecule has 0 heterocycles. The molecule has 2 saturated carbocycles. The van der Waals surface area contributed by atoms with Gasteiger partial charge in [0.15, 0.2) is 0 Å². The van der Waals surface area contributed by atoms with E-state index in [1.807, 2.05) is 0 Å². The minimum Gasteiger partial charge on any atom is -0.303 e. The van der Waals surface area contributed by atoms with Crippen molar-refractivity contribution in [1.29, 1.82) is 0 Å². The molecule has 0 atom stereocenters. The quantitative estimate of drug-likeness (QED) is 0.479. The molecule has 13 heavy (non-hydrogen) atoms. The first kappa shape index (κ1) is 8.98. The maximum atomic E-state index is 10.8. The average molecular weight is 178 g/mol. The first-order valence-electron chi connectivity index (χ1n) is 5.37. The summed E-state index contributed by atoms with van der Waals surface area (Å²) in [6.45, 7) is 4.01. The van der Waals surface area contributed by atoms with E-state index in [2.05, 4.69) is 6.58 Å². The van der Waals surface area contributed by atoms with E-state index in [4.69, 9.17) is 0 Å². The van der Waals surface area contributed by atoms with Crippen LogP contribution in [0.2, 0.25) is 0 Å². The lowest BCUT2D eigenvalue weighted by Gasteiger charge is -2.25. The number of hydrogen-bond donors (Lipinski definition) is 0. The van der Waals surface area contributed by atoms with Crippen LogP contribution in [0.4, 0.5) is 0 Å². The third-order valence-corrected chi connectivity index (χ3v) is 3.65. The number of aldehydes is 1. The fraction of sp³-hybridized carbons (Fsp3) is 0.750. The van der Waals surface area contributed by atoms with Crippen LogP contribution in [-0.4, -0.2) is 6.29 Å². The number of rotatable bonds is 3. The van der Waals surface area contributed by atoms with Gasteiger partial charge in [-0.1, -0.05) is 12.2 Å². The molecule has 2 aliphatic rings. The van der Waals surface area contributed by atoms with Crippen LogP contribution >= 0.6 is 0 Å². The molecule has 0 spiro atoms. The second-order valence-corrected chi connectivity index (χ2v) is 4.88. The van der Waals surface area contributed by atoms with Gasteiger partial charge in [-0.3, -0.25) is 0 Å². The third-order valence-electron chi connectivity index (χ3n) is 3.65. The van der Waals surface area contributed by atoms with Crippen LogP contribution in [0.15, 0.2) is 12.2 Å². The molecule has 72 valence electrons. The molecular formula is C12H18O. The summed E-state index contributed by atoms with van der Waals surface area (Å²) < 4.78 is 0. The largest absolute Gasteiger partial charge is 0.303 e. The summed E-state index contributed by atoms with van der Waals surface area (Å²) >= 11 is 0. The summed E-state index contributed by atoms with van der Waals surface area (Å²) in [5.41, 5.74) is 1.54. The molecular weight excluding hydrogens is 160 g/mol. The summed E-state index contributed by atoms with van der Waals surface area (Å²) in [6, 6.07) is 0. The second kappa shape index (κ2) is 3.28. The Labute approximate surface area is 80.2 Å². The van der Waals surface area contributed by atoms with E-state index in [9.17, 15) is 4.79 Å². The Balaban J connectivity index is 1.82. The summed E-state index contributed by atoms with van der Waals surface area (Å²) in [4.78, 5) is 10.8. The SMILES string of the molecule is C=C1CCC(CC2(C=O)CC2)CC1. The molecule has 0 amide bonds. The van der Waals surface area contributed by atoms with Crippen molar-refractivity contribution < 1.29 is 4.79 Å². The predicted octanol–water partition coefficient (Wildman–Crippen LogP) is 3.10. The highest BCUT2D eigenvalue weighted by Crippen LogP contribution is 2.50. The molecule has 0 saturated heterocycles. The van der Waals surface area contributed by atoms with E-state index in [0.29, 0.717) is 0 Å². The molecule has 0 aromatic rings. The third kappa shape index (κ3) is 2.01. The Kier molecular flexibility index (Phi) is 2.27. The zero-order valence-corrected chi connectivity index (χ0v) is 8.22. The monoisotopic (exact) mass is 178 g/mol. The lowest BCUT2D eigenvalue weighted by atomic mass is 9.80. The lowest BCUT2D eigenvalue weighted by molar-refractivity contribution is -0.112. The minimum atomic E-state index is 0.128. The molecule has 0 aliphatic heterocycles. The Hall–Kier alpha value is -0.590. The van der Waals surface area contributed by atoms with Gasteiger partial charge in [0.05, 0.1) is 0 Å². The summed E-state index contributed by atoms with van der Waals surface area (Å²) in [6.07, 6.45) is 9.59. The van der Waals surface area contributed by atoms with Crippen LogP contribution in [-0.2, 0) is 4.79 Å². The Bertz CT molecular complexity index is 215. The zero-order valence-electron chi connectivity index (χ0n) is 8.22. The van der Waals surface area contributed by atoms with Gasteiger partial charge in [0, 0.05) is 5.41 Å². The molecule has 0 unspecified atom stereocenters. The smallest absolute Gasteiger partial charge is 0.126 e. The van der Waals surface area contributed by atoms with Crippen molar-refractivity contribution in [1.82, 2.24) is 0 Å². The molecule has 0 radical (unpaired) electrons. The topological polar surface area (TPSA) is 17.1 Å².